The van der Waals surface area contributed by atoms with Crippen LogP contribution < -0.4 is 0 Å². The molecule has 4 nitrogen and oxygen atoms in total. The third-order valence-electron chi connectivity index (χ3n) is 5.72. The second-order valence-corrected chi connectivity index (χ2v) is 7.39. The molecule has 0 aliphatic carbocycles. The number of benzene rings is 1. The summed E-state index contributed by atoms with van der Waals surface area (Å²) >= 11 is 0. The first-order valence-corrected chi connectivity index (χ1v) is 9.05. The van der Waals surface area contributed by atoms with Crippen LogP contribution in [0.15, 0.2) is 36.5 Å². The topological polar surface area (TPSA) is 33.2 Å². The number of methoxy groups -OCH3 is 1. The lowest BCUT2D eigenvalue weighted by Crippen LogP contribution is -2.27. The normalized spacial score (nSPS) is 21.4. The molecule has 0 bridgehead atoms. The lowest BCUT2D eigenvalue weighted by molar-refractivity contribution is 0.111. The summed E-state index contributed by atoms with van der Waals surface area (Å²) in [5.41, 5.74) is 6.39. The molecule has 0 spiro atoms. The Labute approximate surface area is 149 Å². The van der Waals surface area contributed by atoms with E-state index in [1.807, 2.05) is 7.11 Å². The number of H-pyrrole nitrogens is 1. The molecule has 2 aromatic heterocycles. The molecular weight excluding hydrogens is 310 g/mol. The van der Waals surface area contributed by atoms with E-state index in [-0.39, 0.29) is 0 Å². The highest BCUT2D eigenvalue weighted by atomic mass is 16.5. The van der Waals surface area contributed by atoms with Crippen molar-refractivity contribution in [3.8, 4) is 5.69 Å². The summed E-state index contributed by atoms with van der Waals surface area (Å²) in [5.74, 6) is 0. The number of fused-ring (bicyclic) bond motifs is 1. The fraction of sp³-hybridized carbons (Fsp3) is 0.429. The van der Waals surface area contributed by atoms with Crippen LogP contribution in [0.4, 0.5) is 0 Å². The Morgan fingerprint density at radius 3 is 2.60 bits per heavy atom. The molecule has 1 aromatic carbocycles. The van der Waals surface area contributed by atoms with E-state index in [0.29, 0.717) is 12.1 Å². The van der Waals surface area contributed by atoms with E-state index in [4.69, 9.17) is 4.74 Å². The number of aromatic amines is 1. The van der Waals surface area contributed by atoms with Crippen LogP contribution >= 0.6 is 0 Å². The van der Waals surface area contributed by atoms with Gasteiger partial charge in [0.2, 0.25) is 0 Å². The summed E-state index contributed by atoms with van der Waals surface area (Å²) in [4.78, 5) is 5.87. The van der Waals surface area contributed by atoms with Gasteiger partial charge in [0.15, 0.2) is 0 Å². The van der Waals surface area contributed by atoms with Crippen LogP contribution in [-0.4, -0.2) is 47.3 Å². The van der Waals surface area contributed by atoms with E-state index in [2.05, 4.69) is 71.9 Å². The maximum Gasteiger partial charge on any atom is 0.0713 e. The second kappa shape index (κ2) is 6.36. The number of rotatable bonds is 4. The number of aryl methyl sites for hydroxylation is 2. The highest BCUT2D eigenvalue weighted by molar-refractivity contribution is 5.85. The van der Waals surface area contributed by atoms with E-state index in [1.54, 1.807) is 0 Å². The van der Waals surface area contributed by atoms with Crippen LogP contribution in [0, 0.1) is 13.8 Å². The molecule has 132 valence electrons. The number of likely N-dealkylation sites (tertiary alicyclic amines) is 1. The molecule has 0 radical (unpaired) electrons. The van der Waals surface area contributed by atoms with Gasteiger partial charge in [0.05, 0.1) is 6.10 Å². The largest absolute Gasteiger partial charge is 0.380 e. The molecule has 2 atom stereocenters. The van der Waals surface area contributed by atoms with Crippen molar-refractivity contribution in [3.05, 3.63) is 53.5 Å². The third-order valence-corrected chi connectivity index (χ3v) is 5.72. The van der Waals surface area contributed by atoms with Crippen molar-refractivity contribution < 1.29 is 4.74 Å². The van der Waals surface area contributed by atoms with Crippen molar-refractivity contribution in [3.63, 3.8) is 0 Å². The Balaban J connectivity index is 1.68. The summed E-state index contributed by atoms with van der Waals surface area (Å²) < 4.78 is 7.88. The predicted octanol–water partition coefficient (Wildman–Crippen LogP) is 3.84. The minimum Gasteiger partial charge on any atom is -0.380 e. The van der Waals surface area contributed by atoms with E-state index >= 15 is 0 Å². The van der Waals surface area contributed by atoms with Crippen LogP contribution in [0.5, 0.6) is 0 Å². The molecule has 1 saturated heterocycles. The average molecular weight is 337 g/mol. The first-order chi connectivity index (χ1) is 12.1. The maximum absolute atomic E-state index is 5.56. The van der Waals surface area contributed by atoms with Crippen LogP contribution in [-0.2, 0) is 11.2 Å². The molecule has 2 unspecified atom stereocenters. The summed E-state index contributed by atoms with van der Waals surface area (Å²) in [6.45, 7) is 5.34. The van der Waals surface area contributed by atoms with Gasteiger partial charge in [0.1, 0.15) is 0 Å². The Kier molecular flexibility index (Phi) is 4.18. The zero-order valence-electron chi connectivity index (χ0n) is 15.5. The molecule has 3 aromatic rings. The fourth-order valence-corrected chi connectivity index (χ4v) is 4.24. The maximum atomic E-state index is 5.56. The summed E-state index contributed by atoms with van der Waals surface area (Å²) in [5, 5.41) is 1.33. The molecule has 1 N–H and O–H groups in total. The quantitative estimate of drug-likeness (QED) is 0.785. The minimum atomic E-state index is 0.362. The first-order valence-electron chi connectivity index (χ1n) is 9.05. The van der Waals surface area contributed by atoms with E-state index in [9.17, 15) is 0 Å². The lowest BCUT2D eigenvalue weighted by atomic mass is 10.0. The van der Waals surface area contributed by atoms with E-state index in [0.717, 1.165) is 19.4 Å². The third kappa shape index (κ3) is 2.90. The fourth-order valence-electron chi connectivity index (χ4n) is 4.24. The zero-order chi connectivity index (χ0) is 17.6. The van der Waals surface area contributed by atoms with Crippen LogP contribution in [0.3, 0.4) is 0 Å². The van der Waals surface area contributed by atoms with Crippen molar-refractivity contribution in [2.24, 2.45) is 0 Å². The molecule has 4 heteroatoms. The van der Waals surface area contributed by atoms with Crippen molar-refractivity contribution >= 4 is 10.9 Å². The van der Waals surface area contributed by atoms with Crippen LogP contribution in [0.25, 0.3) is 16.6 Å². The van der Waals surface area contributed by atoms with E-state index < -0.39 is 0 Å². The van der Waals surface area contributed by atoms with Crippen LogP contribution in [0.2, 0.25) is 0 Å². The van der Waals surface area contributed by atoms with Gasteiger partial charge < -0.3 is 19.2 Å². The summed E-state index contributed by atoms with van der Waals surface area (Å²) in [7, 11) is 4.02. The number of hydrogen-bond acceptors (Lipinski definition) is 2. The molecule has 25 heavy (non-hydrogen) atoms. The molecule has 1 aliphatic heterocycles. The monoisotopic (exact) mass is 337 g/mol. The molecule has 3 heterocycles. The number of nitrogens with zero attached hydrogens (tertiary/aromatic N) is 2. The standard InChI is InChI=1S/C21H27N3O/c1-14-5-6-15(2)24(14)17-7-8-21-20(11-17)16(12-22-21)9-18-10-19(25-4)13-23(18)3/h5-8,11-12,18-19,22H,9-10,13H2,1-4H3. The molecule has 1 aliphatic rings. The molecular formula is C21H27N3O. The highest BCUT2D eigenvalue weighted by Gasteiger charge is 2.29. The van der Waals surface area contributed by atoms with Gasteiger partial charge in [-0.2, -0.15) is 0 Å². The Hall–Kier alpha value is -2.04. The van der Waals surface area contributed by atoms with Gasteiger partial charge in [-0.15, -0.1) is 0 Å². The molecule has 0 amide bonds. The van der Waals surface area contributed by atoms with Crippen molar-refractivity contribution in [2.75, 3.05) is 20.7 Å². The smallest absolute Gasteiger partial charge is 0.0713 e. The molecule has 4 rings (SSSR count). The van der Waals surface area contributed by atoms with Gasteiger partial charge in [-0.25, -0.2) is 0 Å². The second-order valence-electron chi connectivity index (χ2n) is 7.39. The van der Waals surface area contributed by atoms with Gasteiger partial charge in [-0.1, -0.05) is 0 Å². The average Bonchev–Trinajstić information content (AvgIpc) is 3.26. The van der Waals surface area contributed by atoms with Gasteiger partial charge in [-0.05, 0) is 69.6 Å². The first kappa shape index (κ1) is 16.4. The molecule has 1 fully saturated rings. The van der Waals surface area contributed by atoms with Crippen molar-refractivity contribution in [1.29, 1.82) is 0 Å². The van der Waals surface area contributed by atoms with Gasteiger partial charge in [-0.3, -0.25) is 0 Å². The number of likely N-dealkylation sites (N-methyl/N-ethyl adjacent to an activating group) is 1. The number of ether oxygens (including phenoxy) is 1. The highest BCUT2D eigenvalue weighted by Crippen LogP contribution is 2.28. The zero-order valence-corrected chi connectivity index (χ0v) is 15.5. The summed E-state index contributed by atoms with van der Waals surface area (Å²) in [6.07, 6.45) is 4.71. The van der Waals surface area contributed by atoms with Gasteiger partial charge in [0, 0.05) is 53.9 Å². The SMILES string of the molecule is COC1CC(Cc2c[nH]c3ccc(-n4c(C)ccc4C)cc23)N(C)C1. The Morgan fingerprint density at radius 2 is 1.92 bits per heavy atom. The Bertz CT molecular complexity index is 872. The van der Waals surface area contributed by atoms with Gasteiger partial charge in [0.25, 0.3) is 0 Å². The van der Waals surface area contributed by atoms with Crippen molar-refractivity contribution in [2.45, 2.75) is 38.8 Å². The lowest BCUT2D eigenvalue weighted by Gasteiger charge is -2.18. The predicted molar refractivity (Wildman–Crippen MR) is 103 cm³/mol. The Morgan fingerprint density at radius 1 is 1.16 bits per heavy atom. The van der Waals surface area contributed by atoms with E-state index in [1.165, 1.54) is 33.5 Å². The minimum absolute atomic E-state index is 0.362. The van der Waals surface area contributed by atoms with Crippen LogP contribution in [0.1, 0.15) is 23.4 Å². The number of nitrogens with one attached hydrogen (secondary N) is 1. The number of aromatic nitrogens is 2. The number of hydrogen-bond donors (Lipinski definition) is 1. The summed E-state index contributed by atoms with van der Waals surface area (Å²) in [6, 6.07) is 11.6. The van der Waals surface area contributed by atoms with Gasteiger partial charge >= 0.3 is 0 Å². The molecule has 0 saturated carbocycles. The van der Waals surface area contributed by atoms with Crippen molar-refractivity contribution in [1.82, 2.24) is 14.5 Å².